The minimum absolute atomic E-state index is 0.0132. The quantitative estimate of drug-likeness (QED) is 0.860. The van der Waals surface area contributed by atoms with Gasteiger partial charge in [0.05, 0.1) is 5.69 Å². The SMILES string of the molecule is O=C(NC1CCNC1)c1ccc(-n2cccn2)cc1. The van der Waals surface area contributed by atoms with Crippen molar-refractivity contribution in [2.24, 2.45) is 0 Å². The fourth-order valence-corrected chi connectivity index (χ4v) is 2.23. The zero-order chi connectivity index (χ0) is 13.1. The van der Waals surface area contributed by atoms with Gasteiger partial charge in [0, 0.05) is 30.5 Å². The van der Waals surface area contributed by atoms with Crippen LogP contribution >= 0.6 is 0 Å². The van der Waals surface area contributed by atoms with Crippen LogP contribution in [0, 0.1) is 0 Å². The second kappa shape index (κ2) is 5.24. The molecule has 98 valence electrons. The number of carbonyl (C=O) groups is 1. The molecule has 3 rings (SSSR count). The van der Waals surface area contributed by atoms with Gasteiger partial charge in [-0.25, -0.2) is 4.68 Å². The molecule has 1 aliphatic heterocycles. The third-order valence-corrected chi connectivity index (χ3v) is 3.29. The predicted molar refractivity (Wildman–Crippen MR) is 72.3 cm³/mol. The molecule has 1 aliphatic rings. The van der Waals surface area contributed by atoms with E-state index in [9.17, 15) is 4.79 Å². The fraction of sp³-hybridized carbons (Fsp3) is 0.286. The highest BCUT2D eigenvalue weighted by Gasteiger charge is 2.17. The molecule has 1 saturated heterocycles. The minimum atomic E-state index is -0.0132. The van der Waals surface area contributed by atoms with E-state index < -0.39 is 0 Å². The first kappa shape index (κ1) is 11.9. The van der Waals surface area contributed by atoms with Crippen LogP contribution in [0.15, 0.2) is 42.7 Å². The first-order valence-electron chi connectivity index (χ1n) is 6.44. The number of aromatic nitrogens is 2. The summed E-state index contributed by atoms with van der Waals surface area (Å²) in [4.78, 5) is 12.0. The van der Waals surface area contributed by atoms with Crippen molar-refractivity contribution >= 4 is 5.91 Å². The monoisotopic (exact) mass is 256 g/mol. The summed E-state index contributed by atoms with van der Waals surface area (Å²) in [5.74, 6) is -0.0132. The lowest BCUT2D eigenvalue weighted by molar-refractivity contribution is 0.0940. The second-order valence-corrected chi connectivity index (χ2v) is 4.66. The van der Waals surface area contributed by atoms with E-state index in [2.05, 4.69) is 15.7 Å². The molecule has 0 bridgehead atoms. The topological polar surface area (TPSA) is 59.0 Å². The van der Waals surface area contributed by atoms with E-state index in [0.29, 0.717) is 5.56 Å². The molecule has 0 saturated carbocycles. The molecular formula is C14H16N4O. The van der Waals surface area contributed by atoms with Gasteiger partial charge < -0.3 is 10.6 Å². The van der Waals surface area contributed by atoms with Gasteiger partial charge in [0.1, 0.15) is 0 Å². The second-order valence-electron chi connectivity index (χ2n) is 4.66. The standard InChI is InChI=1S/C14H16N4O/c19-14(17-12-6-8-15-10-12)11-2-4-13(5-3-11)18-9-1-7-16-18/h1-5,7,9,12,15H,6,8,10H2,(H,17,19). The molecule has 1 atom stereocenters. The van der Waals surface area contributed by atoms with Crippen LogP contribution in [-0.2, 0) is 0 Å². The molecule has 2 heterocycles. The molecule has 0 spiro atoms. The molecule has 2 N–H and O–H groups in total. The number of carbonyl (C=O) groups excluding carboxylic acids is 1. The van der Waals surface area contributed by atoms with Crippen molar-refractivity contribution in [1.82, 2.24) is 20.4 Å². The van der Waals surface area contributed by atoms with Crippen molar-refractivity contribution in [1.29, 1.82) is 0 Å². The first-order valence-corrected chi connectivity index (χ1v) is 6.44. The van der Waals surface area contributed by atoms with Crippen molar-refractivity contribution in [3.05, 3.63) is 48.3 Å². The molecular weight excluding hydrogens is 240 g/mol. The summed E-state index contributed by atoms with van der Waals surface area (Å²) >= 11 is 0. The van der Waals surface area contributed by atoms with Gasteiger partial charge in [0.15, 0.2) is 0 Å². The lowest BCUT2D eigenvalue weighted by atomic mass is 10.1. The summed E-state index contributed by atoms with van der Waals surface area (Å²) in [6.07, 6.45) is 4.60. The molecule has 19 heavy (non-hydrogen) atoms. The van der Waals surface area contributed by atoms with E-state index in [1.54, 1.807) is 10.9 Å². The van der Waals surface area contributed by atoms with Crippen LogP contribution in [0.5, 0.6) is 0 Å². The van der Waals surface area contributed by atoms with E-state index in [0.717, 1.165) is 25.2 Å². The van der Waals surface area contributed by atoms with Gasteiger partial charge >= 0.3 is 0 Å². The molecule has 5 heteroatoms. The number of nitrogens with zero attached hydrogens (tertiary/aromatic N) is 2. The lowest BCUT2D eigenvalue weighted by Crippen LogP contribution is -2.36. The van der Waals surface area contributed by atoms with Crippen molar-refractivity contribution in [2.75, 3.05) is 13.1 Å². The third kappa shape index (κ3) is 2.66. The van der Waals surface area contributed by atoms with Gasteiger partial charge in [-0.1, -0.05) is 0 Å². The maximum atomic E-state index is 12.0. The number of hydrogen-bond acceptors (Lipinski definition) is 3. The molecule has 1 unspecified atom stereocenters. The van der Waals surface area contributed by atoms with Crippen molar-refractivity contribution < 1.29 is 4.79 Å². The number of nitrogens with one attached hydrogen (secondary N) is 2. The molecule has 1 fully saturated rings. The van der Waals surface area contributed by atoms with Crippen LogP contribution in [-0.4, -0.2) is 34.8 Å². The molecule has 1 aromatic heterocycles. The molecule has 1 aromatic carbocycles. The summed E-state index contributed by atoms with van der Waals surface area (Å²) in [6.45, 7) is 1.83. The van der Waals surface area contributed by atoms with Gasteiger partial charge in [-0.2, -0.15) is 5.10 Å². The Bertz CT molecular complexity index is 541. The zero-order valence-corrected chi connectivity index (χ0v) is 10.5. The van der Waals surface area contributed by atoms with Gasteiger partial charge in [-0.15, -0.1) is 0 Å². The third-order valence-electron chi connectivity index (χ3n) is 3.29. The molecule has 0 aliphatic carbocycles. The average molecular weight is 256 g/mol. The molecule has 5 nitrogen and oxygen atoms in total. The Labute approximate surface area is 111 Å². The fourth-order valence-electron chi connectivity index (χ4n) is 2.23. The highest BCUT2D eigenvalue weighted by molar-refractivity contribution is 5.94. The Balaban J connectivity index is 1.69. The van der Waals surface area contributed by atoms with Crippen molar-refractivity contribution in [3.63, 3.8) is 0 Å². The Morgan fingerprint density at radius 3 is 2.84 bits per heavy atom. The lowest BCUT2D eigenvalue weighted by Gasteiger charge is -2.11. The summed E-state index contributed by atoms with van der Waals surface area (Å²) in [6, 6.07) is 9.57. The number of amides is 1. The molecule has 0 radical (unpaired) electrons. The van der Waals surface area contributed by atoms with E-state index in [-0.39, 0.29) is 11.9 Å². The van der Waals surface area contributed by atoms with E-state index in [1.165, 1.54) is 0 Å². The zero-order valence-electron chi connectivity index (χ0n) is 10.5. The van der Waals surface area contributed by atoms with Gasteiger partial charge in [0.25, 0.3) is 5.91 Å². The van der Waals surface area contributed by atoms with Gasteiger partial charge in [-0.3, -0.25) is 4.79 Å². The van der Waals surface area contributed by atoms with E-state index in [4.69, 9.17) is 0 Å². The maximum Gasteiger partial charge on any atom is 0.251 e. The summed E-state index contributed by atoms with van der Waals surface area (Å²) in [5.41, 5.74) is 1.63. The van der Waals surface area contributed by atoms with E-state index in [1.807, 2.05) is 36.5 Å². The normalized spacial score (nSPS) is 18.4. The maximum absolute atomic E-state index is 12.0. The molecule has 2 aromatic rings. The Hall–Kier alpha value is -2.14. The van der Waals surface area contributed by atoms with Crippen LogP contribution in [0.4, 0.5) is 0 Å². The predicted octanol–water partition coefficient (Wildman–Crippen LogP) is 0.964. The number of rotatable bonds is 3. The van der Waals surface area contributed by atoms with Crippen LogP contribution in [0.1, 0.15) is 16.8 Å². The van der Waals surface area contributed by atoms with Crippen LogP contribution in [0.25, 0.3) is 5.69 Å². The smallest absolute Gasteiger partial charge is 0.251 e. The first-order chi connectivity index (χ1) is 9.33. The van der Waals surface area contributed by atoms with Crippen LogP contribution in [0.2, 0.25) is 0 Å². The Morgan fingerprint density at radius 1 is 1.37 bits per heavy atom. The minimum Gasteiger partial charge on any atom is -0.348 e. The highest BCUT2D eigenvalue weighted by atomic mass is 16.1. The highest BCUT2D eigenvalue weighted by Crippen LogP contribution is 2.09. The van der Waals surface area contributed by atoms with E-state index >= 15 is 0 Å². The van der Waals surface area contributed by atoms with Gasteiger partial charge in [-0.05, 0) is 43.3 Å². The summed E-state index contributed by atoms with van der Waals surface area (Å²) in [5, 5.41) is 10.4. The number of benzene rings is 1. The van der Waals surface area contributed by atoms with Crippen LogP contribution in [0.3, 0.4) is 0 Å². The largest absolute Gasteiger partial charge is 0.348 e. The van der Waals surface area contributed by atoms with Crippen molar-refractivity contribution in [3.8, 4) is 5.69 Å². The summed E-state index contributed by atoms with van der Waals surface area (Å²) < 4.78 is 1.77. The Morgan fingerprint density at radius 2 is 2.21 bits per heavy atom. The summed E-state index contributed by atoms with van der Waals surface area (Å²) in [7, 11) is 0. The van der Waals surface area contributed by atoms with Crippen LogP contribution < -0.4 is 10.6 Å². The molecule has 1 amide bonds. The van der Waals surface area contributed by atoms with Gasteiger partial charge in [0.2, 0.25) is 0 Å². The number of hydrogen-bond donors (Lipinski definition) is 2. The average Bonchev–Trinajstić information content (AvgIpc) is 3.12. The van der Waals surface area contributed by atoms with Crippen molar-refractivity contribution in [2.45, 2.75) is 12.5 Å². The Kier molecular flexibility index (Phi) is 3.29.